The summed E-state index contributed by atoms with van der Waals surface area (Å²) in [6.07, 6.45) is 7.56. The maximum atomic E-state index is 5.11. The van der Waals surface area contributed by atoms with E-state index in [2.05, 4.69) is 0 Å². The molecule has 0 amide bonds. The molecule has 68 valence electrons. The minimum Gasteiger partial charge on any atom is -0.493 e. The second-order valence-electron chi connectivity index (χ2n) is 2.12. The van der Waals surface area contributed by atoms with Crippen LogP contribution in [-0.4, -0.2) is 14.2 Å². The van der Waals surface area contributed by atoms with Crippen molar-refractivity contribution in [3.05, 3.63) is 35.8 Å². The van der Waals surface area contributed by atoms with E-state index in [-0.39, 0.29) is 0 Å². The Labute approximate surface area is 74.2 Å². The highest BCUT2D eigenvalue weighted by Crippen LogP contribution is 2.10. The van der Waals surface area contributed by atoms with Crippen molar-refractivity contribution in [3.8, 4) is 0 Å². The van der Waals surface area contributed by atoms with Crippen LogP contribution in [0.4, 0.5) is 0 Å². The maximum Gasteiger partial charge on any atom is 0.160 e. The minimum atomic E-state index is 0.734. The molecule has 0 rings (SSSR count). The predicted octanol–water partition coefficient (Wildman–Crippen LogP) is 2.64. The Bertz CT molecular complexity index is 200. The Balaban J connectivity index is 4.53. The molecule has 0 spiro atoms. The van der Waals surface area contributed by atoms with E-state index in [1.54, 1.807) is 14.2 Å². The summed E-state index contributed by atoms with van der Waals surface area (Å²) in [7, 11) is 3.25. The van der Waals surface area contributed by atoms with Gasteiger partial charge in [0, 0.05) is 0 Å². The van der Waals surface area contributed by atoms with Gasteiger partial charge in [0.05, 0.1) is 14.2 Å². The highest BCUT2D eigenvalue weighted by atomic mass is 16.5. The number of allylic oxidation sites excluding steroid dienone is 4. The van der Waals surface area contributed by atoms with Gasteiger partial charge in [-0.3, -0.25) is 0 Å². The third kappa shape index (κ3) is 3.28. The molecule has 0 radical (unpaired) electrons. The summed E-state index contributed by atoms with van der Waals surface area (Å²) in [5.74, 6) is 1.48. The van der Waals surface area contributed by atoms with Crippen LogP contribution in [0.25, 0.3) is 0 Å². The quantitative estimate of drug-likeness (QED) is 0.474. The average molecular weight is 168 g/mol. The number of methoxy groups -OCH3 is 2. The van der Waals surface area contributed by atoms with Crippen molar-refractivity contribution in [2.45, 2.75) is 13.8 Å². The van der Waals surface area contributed by atoms with E-state index in [1.807, 2.05) is 38.2 Å². The topological polar surface area (TPSA) is 18.5 Å². The molecule has 0 bridgehead atoms. The normalized spacial score (nSPS) is 13.7. The molecule has 0 aliphatic heterocycles. The number of hydrogen-bond acceptors (Lipinski definition) is 2. The fourth-order valence-electron chi connectivity index (χ4n) is 0.795. The molecule has 12 heavy (non-hydrogen) atoms. The van der Waals surface area contributed by atoms with Crippen LogP contribution < -0.4 is 0 Å². The molecule has 0 unspecified atom stereocenters. The Morgan fingerprint density at radius 1 is 1.00 bits per heavy atom. The van der Waals surface area contributed by atoms with Gasteiger partial charge in [-0.25, -0.2) is 0 Å². The number of rotatable bonds is 4. The van der Waals surface area contributed by atoms with Crippen LogP contribution in [0.3, 0.4) is 0 Å². The zero-order chi connectivity index (χ0) is 9.40. The van der Waals surface area contributed by atoms with E-state index in [0.717, 1.165) is 11.5 Å². The molecule has 2 heteroatoms. The molecule has 0 heterocycles. The van der Waals surface area contributed by atoms with Gasteiger partial charge >= 0.3 is 0 Å². The van der Waals surface area contributed by atoms with Crippen molar-refractivity contribution < 1.29 is 9.47 Å². The van der Waals surface area contributed by atoms with Gasteiger partial charge in [-0.1, -0.05) is 12.2 Å². The first kappa shape index (κ1) is 10.8. The van der Waals surface area contributed by atoms with Gasteiger partial charge in [-0.05, 0) is 26.0 Å². The second kappa shape index (κ2) is 6.53. The Kier molecular flexibility index (Phi) is 5.88. The largest absolute Gasteiger partial charge is 0.493 e. The first-order valence-corrected chi connectivity index (χ1v) is 3.87. The molecule has 0 N–H and O–H groups in total. The van der Waals surface area contributed by atoms with Crippen LogP contribution in [0.5, 0.6) is 0 Å². The molecule has 0 aromatic heterocycles. The van der Waals surface area contributed by atoms with Crippen LogP contribution >= 0.6 is 0 Å². The SMILES string of the molecule is C/C=C/C=C(OC)\C(=C/C)OC. The van der Waals surface area contributed by atoms with Gasteiger partial charge in [0.1, 0.15) is 0 Å². The highest BCUT2D eigenvalue weighted by Gasteiger charge is 2.00. The molecular weight excluding hydrogens is 152 g/mol. The molecule has 0 saturated heterocycles. The van der Waals surface area contributed by atoms with Crippen LogP contribution in [0.15, 0.2) is 35.8 Å². The predicted molar refractivity (Wildman–Crippen MR) is 50.7 cm³/mol. The summed E-state index contributed by atoms with van der Waals surface area (Å²) in [6, 6.07) is 0. The lowest BCUT2D eigenvalue weighted by molar-refractivity contribution is 0.220. The number of hydrogen-bond donors (Lipinski definition) is 0. The molecule has 0 atom stereocenters. The number of ether oxygens (including phenoxy) is 2. The van der Waals surface area contributed by atoms with E-state index in [0.29, 0.717) is 0 Å². The molecule has 0 fully saturated rings. The molecule has 0 aromatic rings. The smallest absolute Gasteiger partial charge is 0.160 e. The van der Waals surface area contributed by atoms with E-state index < -0.39 is 0 Å². The molecule has 0 aliphatic carbocycles. The molecule has 0 saturated carbocycles. The van der Waals surface area contributed by atoms with Gasteiger partial charge in [-0.2, -0.15) is 0 Å². The monoisotopic (exact) mass is 168 g/mol. The van der Waals surface area contributed by atoms with Crippen molar-refractivity contribution >= 4 is 0 Å². The van der Waals surface area contributed by atoms with Gasteiger partial charge in [-0.15, -0.1) is 0 Å². The van der Waals surface area contributed by atoms with Crippen LogP contribution in [0.1, 0.15) is 13.8 Å². The zero-order valence-corrected chi connectivity index (χ0v) is 8.13. The Morgan fingerprint density at radius 2 is 1.58 bits per heavy atom. The van der Waals surface area contributed by atoms with Gasteiger partial charge in [0.2, 0.25) is 0 Å². The lowest BCUT2D eigenvalue weighted by Gasteiger charge is -2.07. The third-order valence-electron chi connectivity index (χ3n) is 1.38. The fourth-order valence-corrected chi connectivity index (χ4v) is 0.795. The summed E-state index contributed by atoms with van der Waals surface area (Å²) in [4.78, 5) is 0. The average Bonchev–Trinajstić information content (AvgIpc) is 2.12. The lowest BCUT2D eigenvalue weighted by Crippen LogP contribution is -1.94. The van der Waals surface area contributed by atoms with Crippen molar-refractivity contribution in [2.75, 3.05) is 14.2 Å². The lowest BCUT2D eigenvalue weighted by atomic mass is 10.3. The molecule has 2 nitrogen and oxygen atoms in total. The summed E-state index contributed by atoms with van der Waals surface area (Å²) in [5.41, 5.74) is 0. The van der Waals surface area contributed by atoms with Crippen molar-refractivity contribution in [1.29, 1.82) is 0 Å². The van der Waals surface area contributed by atoms with Gasteiger partial charge < -0.3 is 9.47 Å². The zero-order valence-electron chi connectivity index (χ0n) is 8.13. The standard InChI is InChI=1S/C10H16O2/c1-5-7-8-10(12-4)9(6-2)11-3/h5-8H,1-4H3/b7-5+,9-6+,10-8+. The van der Waals surface area contributed by atoms with Crippen LogP contribution in [0, 0.1) is 0 Å². The van der Waals surface area contributed by atoms with Crippen molar-refractivity contribution in [3.63, 3.8) is 0 Å². The Morgan fingerprint density at radius 3 is 1.92 bits per heavy atom. The van der Waals surface area contributed by atoms with Gasteiger partial charge in [0.15, 0.2) is 11.5 Å². The maximum absolute atomic E-state index is 5.11. The van der Waals surface area contributed by atoms with Crippen molar-refractivity contribution in [2.24, 2.45) is 0 Å². The van der Waals surface area contributed by atoms with E-state index >= 15 is 0 Å². The van der Waals surface area contributed by atoms with E-state index in [4.69, 9.17) is 9.47 Å². The summed E-state index contributed by atoms with van der Waals surface area (Å²) in [6.45, 7) is 3.85. The first-order valence-electron chi connectivity index (χ1n) is 3.87. The van der Waals surface area contributed by atoms with Crippen molar-refractivity contribution in [1.82, 2.24) is 0 Å². The minimum absolute atomic E-state index is 0.734. The molecular formula is C10H16O2. The fraction of sp³-hybridized carbons (Fsp3) is 0.400. The summed E-state index contributed by atoms with van der Waals surface area (Å²) >= 11 is 0. The Hall–Kier alpha value is -1.18. The van der Waals surface area contributed by atoms with Crippen LogP contribution in [0.2, 0.25) is 0 Å². The summed E-state index contributed by atoms with van der Waals surface area (Å²) < 4.78 is 10.2. The van der Waals surface area contributed by atoms with E-state index in [1.165, 1.54) is 0 Å². The molecule has 0 aliphatic rings. The van der Waals surface area contributed by atoms with Gasteiger partial charge in [0.25, 0.3) is 0 Å². The molecule has 0 aromatic carbocycles. The van der Waals surface area contributed by atoms with E-state index in [9.17, 15) is 0 Å². The second-order valence-corrected chi connectivity index (χ2v) is 2.12. The van der Waals surface area contributed by atoms with Crippen LogP contribution in [-0.2, 0) is 9.47 Å². The third-order valence-corrected chi connectivity index (χ3v) is 1.38. The summed E-state index contributed by atoms with van der Waals surface area (Å²) in [5, 5.41) is 0. The highest BCUT2D eigenvalue weighted by molar-refractivity contribution is 5.23. The first-order chi connectivity index (χ1) is 5.79.